The van der Waals surface area contributed by atoms with Gasteiger partial charge < -0.3 is 4.74 Å². The quantitative estimate of drug-likeness (QED) is 0.344. The van der Waals surface area contributed by atoms with E-state index in [0.717, 1.165) is 21.3 Å². The molecule has 4 nitrogen and oxygen atoms in total. The maximum absolute atomic E-state index is 12.5. The van der Waals surface area contributed by atoms with Gasteiger partial charge in [0.25, 0.3) is 0 Å². The fourth-order valence-corrected chi connectivity index (χ4v) is 3.90. The van der Waals surface area contributed by atoms with E-state index in [1.54, 1.807) is 13.0 Å². The zero-order valence-corrected chi connectivity index (χ0v) is 16.0. The Balaban J connectivity index is 1.46. The van der Waals surface area contributed by atoms with Gasteiger partial charge in [0.1, 0.15) is 9.88 Å². The minimum Gasteiger partial charge on any atom is -0.453 e. The minimum absolute atomic E-state index is 0.232. The summed E-state index contributed by atoms with van der Waals surface area (Å²) in [6, 6.07) is 22.9. The molecule has 1 heterocycles. The van der Waals surface area contributed by atoms with Crippen molar-refractivity contribution in [1.29, 1.82) is 0 Å². The van der Waals surface area contributed by atoms with Gasteiger partial charge >= 0.3 is 5.97 Å². The molecule has 0 fully saturated rings. The van der Waals surface area contributed by atoms with Crippen molar-refractivity contribution in [3.63, 3.8) is 0 Å². The molecular formula is C23H17NO3S. The highest BCUT2D eigenvalue weighted by Crippen LogP contribution is 2.28. The Kier molecular flexibility index (Phi) is 5.00. The maximum atomic E-state index is 12.5. The van der Waals surface area contributed by atoms with Crippen molar-refractivity contribution in [3.05, 3.63) is 88.9 Å². The number of carbonyl (C=O) groups excluding carboxylic acids is 2. The van der Waals surface area contributed by atoms with Crippen molar-refractivity contribution in [1.82, 2.24) is 4.98 Å². The van der Waals surface area contributed by atoms with Crippen molar-refractivity contribution in [2.75, 3.05) is 6.61 Å². The van der Waals surface area contributed by atoms with Crippen molar-refractivity contribution in [3.8, 4) is 10.6 Å². The van der Waals surface area contributed by atoms with Crippen LogP contribution in [0.25, 0.3) is 21.3 Å². The van der Waals surface area contributed by atoms with Crippen LogP contribution in [0.4, 0.5) is 0 Å². The first kappa shape index (κ1) is 18.1. The summed E-state index contributed by atoms with van der Waals surface area (Å²) in [5.41, 5.74) is 2.08. The molecule has 0 aliphatic heterocycles. The summed E-state index contributed by atoms with van der Waals surface area (Å²) in [5, 5.41) is 2.79. The largest absolute Gasteiger partial charge is 0.453 e. The van der Waals surface area contributed by atoms with E-state index in [9.17, 15) is 9.59 Å². The van der Waals surface area contributed by atoms with Gasteiger partial charge in [0.15, 0.2) is 12.4 Å². The number of hydrogen-bond acceptors (Lipinski definition) is 5. The molecule has 0 atom stereocenters. The molecule has 4 rings (SSSR count). The molecule has 0 unspecified atom stereocenters. The summed E-state index contributed by atoms with van der Waals surface area (Å²) in [6.45, 7) is 1.47. The smallest absolute Gasteiger partial charge is 0.350 e. The molecular weight excluding hydrogens is 370 g/mol. The second-order valence-electron chi connectivity index (χ2n) is 6.36. The van der Waals surface area contributed by atoms with Crippen LogP contribution in [-0.4, -0.2) is 23.3 Å². The molecule has 3 aromatic carbocycles. The van der Waals surface area contributed by atoms with Gasteiger partial charge in [-0.1, -0.05) is 66.7 Å². The zero-order valence-electron chi connectivity index (χ0n) is 15.2. The molecule has 138 valence electrons. The first-order valence-corrected chi connectivity index (χ1v) is 9.65. The van der Waals surface area contributed by atoms with Crippen LogP contribution in [0.5, 0.6) is 0 Å². The highest BCUT2D eigenvalue weighted by Gasteiger charge is 2.19. The Hall–Kier alpha value is -3.31. The van der Waals surface area contributed by atoms with Gasteiger partial charge in [-0.15, -0.1) is 11.3 Å². The maximum Gasteiger partial charge on any atom is 0.350 e. The second-order valence-corrected chi connectivity index (χ2v) is 7.36. The van der Waals surface area contributed by atoms with E-state index in [1.165, 1.54) is 11.3 Å². The highest BCUT2D eigenvalue weighted by atomic mass is 32.1. The summed E-state index contributed by atoms with van der Waals surface area (Å²) in [7, 11) is 0. The first-order valence-electron chi connectivity index (χ1n) is 8.84. The average Bonchev–Trinajstić information content (AvgIpc) is 3.14. The van der Waals surface area contributed by atoms with Crippen LogP contribution in [0, 0.1) is 6.92 Å². The monoisotopic (exact) mass is 387 g/mol. The molecule has 1 aromatic heterocycles. The lowest BCUT2D eigenvalue weighted by molar-refractivity contribution is 0.0478. The molecule has 0 aliphatic rings. The fourth-order valence-electron chi connectivity index (χ4n) is 2.93. The van der Waals surface area contributed by atoms with Crippen LogP contribution in [0.2, 0.25) is 0 Å². The number of aromatic nitrogens is 1. The summed E-state index contributed by atoms with van der Waals surface area (Å²) >= 11 is 1.27. The second kappa shape index (κ2) is 7.74. The third kappa shape index (κ3) is 3.70. The number of rotatable bonds is 5. The van der Waals surface area contributed by atoms with Crippen molar-refractivity contribution >= 4 is 33.9 Å². The van der Waals surface area contributed by atoms with Gasteiger partial charge in [0.05, 0.1) is 5.69 Å². The van der Waals surface area contributed by atoms with Crippen LogP contribution >= 0.6 is 11.3 Å². The summed E-state index contributed by atoms with van der Waals surface area (Å²) in [6.07, 6.45) is 0. The Bertz CT molecular complexity index is 1160. The fraction of sp³-hybridized carbons (Fsp3) is 0.0870. The number of Topliss-reactive ketones (excluding diaryl/α,β-unsaturated/α-hetero) is 1. The first-order chi connectivity index (χ1) is 13.6. The third-order valence-electron chi connectivity index (χ3n) is 4.41. The Morgan fingerprint density at radius 2 is 1.64 bits per heavy atom. The van der Waals surface area contributed by atoms with Gasteiger partial charge in [0.2, 0.25) is 0 Å². The summed E-state index contributed by atoms with van der Waals surface area (Å²) in [4.78, 5) is 29.8. The van der Waals surface area contributed by atoms with Crippen LogP contribution in [0.15, 0.2) is 72.8 Å². The number of fused-ring (bicyclic) bond motifs is 1. The number of aryl methyl sites for hydroxylation is 1. The van der Waals surface area contributed by atoms with E-state index in [2.05, 4.69) is 4.98 Å². The number of ether oxygens (including phenoxy) is 1. The number of ketones is 1. The molecule has 0 aliphatic carbocycles. The van der Waals surface area contributed by atoms with E-state index in [-0.39, 0.29) is 12.4 Å². The van der Waals surface area contributed by atoms with Crippen LogP contribution in [-0.2, 0) is 4.74 Å². The van der Waals surface area contributed by atoms with E-state index in [0.29, 0.717) is 16.1 Å². The standard InChI is InChI=1S/C23H17NO3S/c1-15-21(28-22(24-15)17-8-3-2-4-9-17)23(26)27-14-20(25)19-12-11-16-7-5-6-10-18(16)13-19/h2-13H,14H2,1H3. The Morgan fingerprint density at radius 1 is 0.929 bits per heavy atom. The average molecular weight is 387 g/mol. The number of thiazole rings is 1. The lowest BCUT2D eigenvalue weighted by Crippen LogP contribution is -2.14. The molecule has 0 saturated heterocycles. The van der Waals surface area contributed by atoms with Crippen LogP contribution in [0.3, 0.4) is 0 Å². The number of carbonyl (C=O) groups is 2. The topological polar surface area (TPSA) is 56.3 Å². The van der Waals surface area contributed by atoms with E-state index in [1.807, 2.05) is 66.7 Å². The van der Waals surface area contributed by atoms with Crippen LogP contribution in [0.1, 0.15) is 25.7 Å². The molecule has 0 bridgehead atoms. The highest BCUT2D eigenvalue weighted by molar-refractivity contribution is 7.17. The molecule has 0 radical (unpaired) electrons. The van der Waals surface area contributed by atoms with Crippen molar-refractivity contribution in [2.45, 2.75) is 6.92 Å². The molecule has 5 heteroatoms. The van der Waals surface area contributed by atoms with Gasteiger partial charge in [-0.05, 0) is 23.8 Å². The molecule has 0 saturated carbocycles. The summed E-state index contributed by atoms with van der Waals surface area (Å²) < 4.78 is 5.27. The molecule has 4 aromatic rings. The summed E-state index contributed by atoms with van der Waals surface area (Å²) in [5.74, 6) is -0.754. The van der Waals surface area contributed by atoms with Gasteiger partial charge in [-0.3, -0.25) is 4.79 Å². The Morgan fingerprint density at radius 3 is 2.43 bits per heavy atom. The zero-order chi connectivity index (χ0) is 19.5. The minimum atomic E-state index is -0.522. The number of hydrogen-bond donors (Lipinski definition) is 0. The van der Waals surface area contributed by atoms with Crippen LogP contribution < -0.4 is 0 Å². The van der Waals surface area contributed by atoms with Gasteiger partial charge in [-0.2, -0.15) is 0 Å². The van der Waals surface area contributed by atoms with Crippen molar-refractivity contribution in [2.24, 2.45) is 0 Å². The lowest BCUT2D eigenvalue weighted by Gasteiger charge is -2.05. The van der Waals surface area contributed by atoms with Gasteiger partial charge in [-0.25, -0.2) is 9.78 Å². The molecule has 28 heavy (non-hydrogen) atoms. The van der Waals surface area contributed by atoms with E-state index < -0.39 is 5.97 Å². The number of benzene rings is 3. The third-order valence-corrected chi connectivity index (χ3v) is 5.60. The van der Waals surface area contributed by atoms with Gasteiger partial charge in [0, 0.05) is 11.1 Å². The molecule has 0 N–H and O–H groups in total. The number of esters is 1. The predicted molar refractivity (Wildman–Crippen MR) is 111 cm³/mol. The molecule has 0 spiro atoms. The normalized spacial score (nSPS) is 10.8. The SMILES string of the molecule is Cc1nc(-c2ccccc2)sc1C(=O)OCC(=O)c1ccc2ccccc2c1. The van der Waals surface area contributed by atoms with Crippen molar-refractivity contribution < 1.29 is 14.3 Å². The number of nitrogens with zero attached hydrogens (tertiary/aromatic N) is 1. The van der Waals surface area contributed by atoms with E-state index in [4.69, 9.17) is 4.74 Å². The van der Waals surface area contributed by atoms with E-state index >= 15 is 0 Å². The Labute approximate surface area is 166 Å². The lowest BCUT2D eigenvalue weighted by atomic mass is 10.0. The predicted octanol–water partition coefficient (Wildman–Crippen LogP) is 5.31. The molecule has 0 amide bonds.